The molecule has 30 heavy (non-hydrogen) atoms. The summed E-state index contributed by atoms with van der Waals surface area (Å²) in [5.41, 5.74) is 1.96. The number of hydrogen-bond acceptors (Lipinski definition) is 5. The van der Waals surface area contributed by atoms with Crippen LogP contribution in [0.3, 0.4) is 0 Å². The zero-order valence-electron chi connectivity index (χ0n) is 16.4. The van der Waals surface area contributed by atoms with Crippen LogP contribution in [0.5, 0.6) is 0 Å². The summed E-state index contributed by atoms with van der Waals surface area (Å²) in [6, 6.07) is 13.7. The van der Waals surface area contributed by atoms with E-state index in [-0.39, 0.29) is 21.4 Å². The molecule has 1 N–H and O–H groups in total. The molecule has 2 aromatic carbocycles. The summed E-state index contributed by atoms with van der Waals surface area (Å²) in [7, 11) is 0.0693. The molecule has 0 radical (unpaired) electrons. The molecular formula is C21H20ClFN2O4S. The molecule has 1 amide bonds. The van der Waals surface area contributed by atoms with Crippen LogP contribution in [0.4, 0.5) is 10.1 Å². The number of furan rings is 1. The predicted octanol–water partition coefficient (Wildman–Crippen LogP) is 4.04. The van der Waals surface area contributed by atoms with E-state index in [1.54, 1.807) is 0 Å². The summed E-state index contributed by atoms with van der Waals surface area (Å²) in [4.78, 5) is 14.1. The van der Waals surface area contributed by atoms with Crippen molar-refractivity contribution in [1.29, 1.82) is 0 Å². The Balaban J connectivity index is 1.63. The molecule has 0 aliphatic carbocycles. The quantitative estimate of drug-likeness (QED) is 0.549. The lowest BCUT2D eigenvalue weighted by molar-refractivity contribution is 0.0921. The van der Waals surface area contributed by atoms with Crippen LogP contribution < -0.4 is 10.2 Å². The summed E-state index contributed by atoms with van der Waals surface area (Å²) < 4.78 is 43.6. The largest absolute Gasteiger partial charge is 0.455 e. The maximum Gasteiger partial charge on any atom is 0.287 e. The van der Waals surface area contributed by atoms with Gasteiger partial charge in [-0.2, -0.15) is 0 Å². The zero-order chi connectivity index (χ0) is 21.9. The molecule has 0 spiro atoms. The van der Waals surface area contributed by atoms with Gasteiger partial charge in [0.2, 0.25) is 0 Å². The van der Waals surface area contributed by atoms with Gasteiger partial charge in [0.1, 0.15) is 17.3 Å². The van der Waals surface area contributed by atoms with Crippen molar-refractivity contribution < 1.29 is 22.0 Å². The maximum absolute atomic E-state index is 13.3. The molecule has 0 aliphatic rings. The number of nitrogens with one attached hydrogen (secondary N) is 1. The van der Waals surface area contributed by atoms with Crippen LogP contribution in [-0.2, 0) is 22.1 Å². The van der Waals surface area contributed by atoms with E-state index in [0.29, 0.717) is 6.54 Å². The summed E-state index contributed by atoms with van der Waals surface area (Å²) >= 11 is 5.66. The number of rotatable bonds is 7. The molecule has 1 aromatic heterocycles. The maximum atomic E-state index is 13.3. The molecule has 0 fully saturated rings. The third kappa shape index (κ3) is 5.20. The Morgan fingerprint density at radius 1 is 1.10 bits per heavy atom. The van der Waals surface area contributed by atoms with E-state index >= 15 is 0 Å². The van der Waals surface area contributed by atoms with Crippen molar-refractivity contribution in [3.63, 3.8) is 0 Å². The fourth-order valence-electron chi connectivity index (χ4n) is 2.70. The van der Waals surface area contributed by atoms with Gasteiger partial charge in [0, 0.05) is 26.3 Å². The monoisotopic (exact) mass is 450 g/mol. The topological polar surface area (TPSA) is 79.6 Å². The second-order valence-corrected chi connectivity index (χ2v) is 9.24. The first-order chi connectivity index (χ1) is 14.2. The highest BCUT2D eigenvalue weighted by Gasteiger charge is 2.20. The third-order valence-corrected chi connectivity index (χ3v) is 6.30. The normalized spacial score (nSPS) is 11.3. The Bertz CT molecular complexity index is 1160. The van der Waals surface area contributed by atoms with Crippen molar-refractivity contribution in [1.82, 2.24) is 5.32 Å². The average Bonchev–Trinajstić information content (AvgIpc) is 3.16. The van der Waals surface area contributed by atoms with Gasteiger partial charge >= 0.3 is 0 Å². The van der Waals surface area contributed by atoms with Crippen molar-refractivity contribution in [2.24, 2.45) is 0 Å². The highest BCUT2D eigenvalue weighted by molar-refractivity contribution is 7.90. The van der Waals surface area contributed by atoms with Crippen molar-refractivity contribution in [3.05, 3.63) is 82.5 Å². The summed E-state index contributed by atoms with van der Waals surface area (Å²) in [6.07, 6.45) is 0. The van der Waals surface area contributed by atoms with E-state index in [0.717, 1.165) is 29.4 Å². The number of carbonyl (C=O) groups is 1. The van der Waals surface area contributed by atoms with Crippen molar-refractivity contribution >= 4 is 33.0 Å². The van der Waals surface area contributed by atoms with E-state index < -0.39 is 27.3 Å². The molecule has 0 bridgehead atoms. The number of hydrogen-bond donors (Lipinski definition) is 1. The second kappa shape index (κ2) is 8.89. The zero-order valence-corrected chi connectivity index (χ0v) is 17.9. The number of amides is 1. The van der Waals surface area contributed by atoms with E-state index in [9.17, 15) is 17.6 Å². The molecular weight excluding hydrogens is 431 g/mol. The summed E-state index contributed by atoms with van der Waals surface area (Å²) in [6.45, 7) is 0.301. The molecule has 0 aliphatic heterocycles. The SMILES string of the molecule is CN(C)c1ccc(CNC(=O)c2ccc(CS(=O)(=O)c3ccc(F)c(Cl)c3)o2)cc1. The highest BCUT2D eigenvalue weighted by atomic mass is 35.5. The first-order valence-corrected chi connectivity index (χ1v) is 11.0. The van der Waals surface area contributed by atoms with Crippen LogP contribution in [0, 0.1) is 5.82 Å². The molecule has 0 unspecified atom stereocenters. The highest BCUT2D eigenvalue weighted by Crippen LogP contribution is 2.23. The van der Waals surface area contributed by atoms with Crippen molar-refractivity contribution in [3.8, 4) is 0 Å². The lowest BCUT2D eigenvalue weighted by atomic mass is 10.2. The van der Waals surface area contributed by atoms with Gasteiger partial charge in [-0.15, -0.1) is 0 Å². The first kappa shape index (κ1) is 21.9. The number of sulfone groups is 1. The van der Waals surface area contributed by atoms with E-state index in [1.807, 2.05) is 43.3 Å². The first-order valence-electron chi connectivity index (χ1n) is 8.97. The van der Waals surface area contributed by atoms with E-state index in [4.69, 9.17) is 16.0 Å². The molecule has 3 aromatic rings. The lowest BCUT2D eigenvalue weighted by Gasteiger charge is -2.12. The fourth-order valence-corrected chi connectivity index (χ4v) is 4.21. The summed E-state index contributed by atoms with van der Waals surface area (Å²) in [5.74, 6) is -1.55. The van der Waals surface area contributed by atoms with Crippen LogP contribution in [0.15, 0.2) is 63.9 Å². The second-order valence-electron chi connectivity index (χ2n) is 6.84. The van der Waals surface area contributed by atoms with Gasteiger partial charge in [0.05, 0.1) is 9.92 Å². The van der Waals surface area contributed by atoms with Crippen LogP contribution in [-0.4, -0.2) is 28.4 Å². The Labute approximate surface area is 179 Å². The van der Waals surface area contributed by atoms with Crippen molar-refractivity contribution in [2.75, 3.05) is 19.0 Å². The van der Waals surface area contributed by atoms with Gasteiger partial charge in [-0.05, 0) is 48.0 Å². The molecule has 0 saturated carbocycles. The number of halogens is 2. The summed E-state index contributed by atoms with van der Waals surface area (Å²) in [5, 5.41) is 2.45. The number of nitrogens with zero attached hydrogens (tertiary/aromatic N) is 1. The number of anilines is 1. The van der Waals surface area contributed by atoms with Gasteiger partial charge in [-0.3, -0.25) is 4.79 Å². The third-order valence-electron chi connectivity index (χ3n) is 4.37. The van der Waals surface area contributed by atoms with E-state index in [1.165, 1.54) is 12.1 Å². The molecule has 1 heterocycles. The minimum absolute atomic E-state index is 0.00208. The van der Waals surface area contributed by atoms with Gasteiger partial charge < -0.3 is 14.6 Å². The average molecular weight is 451 g/mol. The number of benzene rings is 2. The van der Waals surface area contributed by atoms with Gasteiger partial charge in [-0.1, -0.05) is 23.7 Å². The van der Waals surface area contributed by atoms with Gasteiger partial charge in [-0.25, -0.2) is 12.8 Å². The van der Waals surface area contributed by atoms with Gasteiger partial charge in [0.15, 0.2) is 15.6 Å². The Morgan fingerprint density at radius 2 is 1.80 bits per heavy atom. The van der Waals surface area contributed by atoms with Crippen LogP contribution in [0.1, 0.15) is 21.9 Å². The Kier molecular flexibility index (Phi) is 6.48. The Hall–Kier alpha value is -2.84. The molecule has 0 atom stereocenters. The molecule has 0 saturated heterocycles. The van der Waals surface area contributed by atoms with Crippen LogP contribution in [0.2, 0.25) is 5.02 Å². The predicted molar refractivity (Wildman–Crippen MR) is 113 cm³/mol. The number of carbonyl (C=O) groups excluding carboxylic acids is 1. The van der Waals surface area contributed by atoms with E-state index in [2.05, 4.69) is 5.32 Å². The minimum Gasteiger partial charge on any atom is -0.455 e. The Morgan fingerprint density at radius 3 is 2.43 bits per heavy atom. The van der Waals surface area contributed by atoms with Crippen LogP contribution in [0.25, 0.3) is 0 Å². The fraction of sp³-hybridized carbons (Fsp3) is 0.190. The smallest absolute Gasteiger partial charge is 0.287 e. The molecule has 9 heteroatoms. The van der Waals surface area contributed by atoms with Crippen molar-refractivity contribution in [2.45, 2.75) is 17.2 Å². The molecule has 6 nitrogen and oxygen atoms in total. The minimum atomic E-state index is -3.81. The van der Waals surface area contributed by atoms with Crippen LogP contribution >= 0.6 is 11.6 Å². The lowest BCUT2D eigenvalue weighted by Crippen LogP contribution is -2.22. The standard InChI is InChI=1S/C21H20ClFN2O4S/c1-25(2)15-5-3-14(4-6-15)12-24-21(26)20-10-7-16(29-20)13-30(27,28)17-8-9-19(23)18(22)11-17/h3-11H,12-13H2,1-2H3,(H,24,26). The van der Waals surface area contributed by atoms with Gasteiger partial charge in [0.25, 0.3) is 5.91 Å². The molecule has 3 rings (SSSR count). The molecule has 158 valence electrons.